The van der Waals surface area contributed by atoms with Gasteiger partial charge in [0.1, 0.15) is 0 Å². The molecule has 0 fully saturated rings. The number of benzene rings is 1. The molecule has 0 aliphatic carbocycles. The second-order valence-corrected chi connectivity index (χ2v) is 4.07. The van der Waals surface area contributed by atoms with E-state index >= 15 is 0 Å². The number of nitrogens with zero attached hydrogens (tertiary/aromatic N) is 2. The van der Waals surface area contributed by atoms with Crippen LogP contribution in [-0.4, -0.2) is 36.3 Å². The topological polar surface area (TPSA) is 33.2 Å². The van der Waals surface area contributed by atoms with Gasteiger partial charge in [-0.05, 0) is 19.5 Å². The van der Waals surface area contributed by atoms with E-state index in [4.69, 9.17) is 0 Å². The first-order valence-electron chi connectivity index (χ1n) is 5.19. The lowest BCUT2D eigenvalue weighted by Crippen LogP contribution is -2.21. The summed E-state index contributed by atoms with van der Waals surface area (Å²) in [6.45, 7) is 0.412. The van der Waals surface area contributed by atoms with E-state index in [1.165, 1.54) is 0 Å². The summed E-state index contributed by atoms with van der Waals surface area (Å²) >= 11 is 0. The Morgan fingerprint density at radius 1 is 1.25 bits per heavy atom. The van der Waals surface area contributed by atoms with E-state index in [0.717, 1.165) is 10.8 Å². The summed E-state index contributed by atoms with van der Waals surface area (Å²) in [7, 11) is 3.77. The molecular formula is C13H14N2O. The van der Waals surface area contributed by atoms with E-state index in [1.807, 2.05) is 43.3 Å². The molecule has 0 N–H and O–H groups in total. The normalized spacial score (nSPS) is 10.9. The quantitative estimate of drug-likeness (QED) is 0.732. The largest absolute Gasteiger partial charge is 0.302 e. The predicted molar refractivity (Wildman–Crippen MR) is 64.6 cm³/mol. The first-order chi connectivity index (χ1) is 7.68. The number of rotatable bonds is 3. The number of carbonyl (C=O) groups excluding carboxylic acids is 1. The standard InChI is InChI=1S/C13H14N2O/c1-15(2)9-13(16)12-8-14-7-10-5-3-4-6-11(10)12/h3-8H,9H2,1-2H3. The summed E-state index contributed by atoms with van der Waals surface area (Å²) in [6, 6.07) is 7.81. The maximum atomic E-state index is 12.0. The van der Waals surface area contributed by atoms with E-state index in [0.29, 0.717) is 12.1 Å². The van der Waals surface area contributed by atoms with E-state index in [1.54, 1.807) is 12.4 Å². The lowest BCUT2D eigenvalue weighted by Gasteiger charge is -2.09. The second-order valence-electron chi connectivity index (χ2n) is 4.07. The third kappa shape index (κ3) is 2.09. The smallest absolute Gasteiger partial charge is 0.178 e. The maximum absolute atomic E-state index is 12.0. The van der Waals surface area contributed by atoms with E-state index < -0.39 is 0 Å². The highest BCUT2D eigenvalue weighted by Gasteiger charge is 2.10. The highest BCUT2D eigenvalue weighted by atomic mass is 16.1. The van der Waals surface area contributed by atoms with Crippen molar-refractivity contribution in [1.82, 2.24) is 9.88 Å². The Balaban J connectivity index is 2.48. The van der Waals surface area contributed by atoms with Crippen molar-refractivity contribution in [2.24, 2.45) is 0 Å². The number of likely N-dealkylation sites (N-methyl/N-ethyl adjacent to an activating group) is 1. The monoisotopic (exact) mass is 214 g/mol. The molecule has 0 saturated carbocycles. The zero-order valence-electron chi connectivity index (χ0n) is 9.47. The van der Waals surface area contributed by atoms with Crippen molar-refractivity contribution >= 4 is 16.6 Å². The van der Waals surface area contributed by atoms with Gasteiger partial charge in [0.25, 0.3) is 0 Å². The Morgan fingerprint density at radius 2 is 2.00 bits per heavy atom. The number of pyridine rings is 1. The molecule has 3 heteroatoms. The lowest BCUT2D eigenvalue weighted by molar-refractivity contribution is 0.0959. The molecule has 3 nitrogen and oxygen atoms in total. The molecule has 16 heavy (non-hydrogen) atoms. The predicted octanol–water partition coefficient (Wildman–Crippen LogP) is 1.98. The van der Waals surface area contributed by atoms with Gasteiger partial charge >= 0.3 is 0 Å². The van der Waals surface area contributed by atoms with E-state index in [-0.39, 0.29) is 5.78 Å². The van der Waals surface area contributed by atoms with Crippen LogP contribution in [0, 0.1) is 0 Å². The molecule has 0 radical (unpaired) electrons. The lowest BCUT2D eigenvalue weighted by atomic mass is 10.0. The molecule has 82 valence electrons. The average molecular weight is 214 g/mol. The third-order valence-electron chi connectivity index (χ3n) is 2.43. The van der Waals surface area contributed by atoms with Gasteiger partial charge in [0.15, 0.2) is 5.78 Å². The van der Waals surface area contributed by atoms with Crippen molar-refractivity contribution in [3.63, 3.8) is 0 Å². The number of hydrogen-bond donors (Lipinski definition) is 0. The van der Waals surface area contributed by atoms with Crippen LogP contribution in [0.15, 0.2) is 36.7 Å². The van der Waals surface area contributed by atoms with Crippen LogP contribution >= 0.6 is 0 Å². The molecule has 0 spiro atoms. The molecule has 0 aliphatic rings. The molecule has 0 amide bonds. The minimum absolute atomic E-state index is 0.106. The molecule has 0 saturated heterocycles. The van der Waals surface area contributed by atoms with Gasteiger partial charge in [0, 0.05) is 23.3 Å². The molecule has 0 unspecified atom stereocenters. The summed E-state index contributed by atoms with van der Waals surface area (Å²) in [4.78, 5) is 18.0. The molecule has 1 heterocycles. The van der Waals surface area contributed by atoms with Crippen molar-refractivity contribution in [3.8, 4) is 0 Å². The Labute approximate surface area is 94.7 Å². The molecule has 1 aromatic heterocycles. The first-order valence-corrected chi connectivity index (χ1v) is 5.19. The Morgan fingerprint density at radius 3 is 2.75 bits per heavy atom. The van der Waals surface area contributed by atoms with Crippen LogP contribution in [0.1, 0.15) is 10.4 Å². The van der Waals surface area contributed by atoms with Crippen molar-refractivity contribution in [3.05, 3.63) is 42.2 Å². The average Bonchev–Trinajstić information content (AvgIpc) is 2.27. The molecule has 2 aromatic rings. The number of aromatic nitrogens is 1. The molecular weight excluding hydrogens is 200 g/mol. The summed E-state index contributed by atoms with van der Waals surface area (Å²) < 4.78 is 0. The summed E-state index contributed by atoms with van der Waals surface area (Å²) in [5, 5.41) is 1.98. The second kappa shape index (κ2) is 4.41. The van der Waals surface area contributed by atoms with Gasteiger partial charge in [0.2, 0.25) is 0 Å². The van der Waals surface area contributed by atoms with Crippen LogP contribution in [-0.2, 0) is 0 Å². The van der Waals surface area contributed by atoms with Gasteiger partial charge in [-0.3, -0.25) is 9.78 Å². The van der Waals surface area contributed by atoms with Gasteiger partial charge in [-0.1, -0.05) is 24.3 Å². The summed E-state index contributed by atoms with van der Waals surface area (Å²) in [5.74, 6) is 0.106. The molecule has 2 rings (SSSR count). The van der Waals surface area contributed by atoms with Crippen LogP contribution in [0.2, 0.25) is 0 Å². The molecule has 0 bridgehead atoms. The zero-order chi connectivity index (χ0) is 11.5. The van der Waals surface area contributed by atoms with Crippen LogP contribution in [0.3, 0.4) is 0 Å². The molecule has 0 atom stereocenters. The highest BCUT2D eigenvalue weighted by molar-refractivity contribution is 6.08. The number of hydrogen-bond acceptors (Lipinski definition) is 3. The minimum atomic E-state index is 0.106. The Kier molecular flexibility index (Phi) is 2.97. The van der Waals surface area contributed by atoms with E-state index in [2.05, 4.69) is 4.98 Å². The van der Waals surface area contributed by atoms with Crippen LogP contribution in [0.25, 0.3) is 10.8 Å². The number of carbonyl (C=O) groups is 1. The summed E-state index contributed by atoms with van der Waals surface area (Å²) in [5.41, 5.74) is 0.701. The first kappa shape index (κ1) is 10.8. The maximum Gasteiger partial charge on any atom is 0.178 e. The Hall–Kier alpha value is -1.74. The van der Waals surface area contributed by atoms with Gasteiger partial charge in [-0.15, -0.1) is 0 Å². The van der Waals surface area contributed by atoms with E-state index in [9.17, 15) is 4.79 Å². The molecule has 1 aromatic carbocycles. The fraction of sp³-hybridized carbons (Fsp3) is 0.231. The van der Waals surface area contributed by atoms with Crippen molar-refractivity contribution < 1.29 is 4.79 Å². The zero-order valence-corrected chi connectivity index (χ0v) is 9.47. The number of Topliss-reactive ketones (excluding diaryl/α,β-unsaturated/α-hetero) is 1. The van der Waals surface area contributed by atoms with Crippen LogP contribution in [0.5, 0.6) is 0 Å². The highest BCUT2D eigenvalue weighted by Crippen LogP contribution is 2.17. The van der Waals surface area contributed by atoms with Crippen molar-refractivity contribution in [1.29, 1.82) is 0 Å². The van der Waals surface area contributed by atoms with Gasteiger partial charge in [-0.25, -0.2) is 0 Å². The minimum Gasteiger partial charge on any atom is -0.302 e. The Bertz CT molecular complexity index is 515. The van der Waals surface area contributed by atoms with Gasteiger partial charge in [0.05, 0.1) is 6.54 Å². The fourth-order valence-electron chi connectivity index (χ4n) is 1.71. The number of fused-ring (bicyclic) bond motifs is 1. The van der Waals surface area contributed by atoms with Gasteiger partial charge < -0.3 is 4.90 Å². The summed E-state index contributed by atoms with van der Waals surface area (Å²) in [6.07, 6.45) is 3.43. The van der Waals surface area contributed by atoms with Crippen LogP contribution in [0.4, 0.5) is 0 Å². The van der Waals surface area contributed by atoms with Crippen molar-refractivity contribution in [2.45, 2.75) is 0 Å². The van der Waals surface area contributed by atoms with Crippen molar-refractivity contribution in [2.75, 3.05) is 20.6 Å². The SMILES string of the molecule is CN(C)CC(=O)c1cncc2ccccc12. The third-order valence-corrected chi connectivity index (χ3v) is 2.43. The van der Waals surface area contributed by atoms with Crippen LogP contribution < -0.4 is 0 Å². The molecule has 0 aliphatic heterocycles. The number of ketones is 1. The fourth-order valence-corrected chi connectivity index (χ4v) is 1.71. The van der Waals surface area contributed by atoms with Gasteiger partial charge in [-0.2, -0.15) is 0 Å².